The first-order chi connectivity index (χ1) is 9.08. The van der Waals surface area contributed by atoms with E-state index in [-0.39, 0.29) is 5.91 Å². The number of carboxylic acids is 1. The van der Waals surface area contributed by atoms with Crippen LogP contribution in [0.15, 0.2) is 29.2 Å². The third kappa shape index (κ3) is 3.10. The standard InChI is InChI=1S/C14H17NO3S/c1-19-11-4-2-10(3-5-11)6-9-15-12(16)14(7-8-14)13(17)18/h2-5H,6-9H2,1H3,(H,15,16)(H,17,18). The van der Waals surface area contributed by atoms with Crippen LogP contribution in [0.5, 0.6) is 0 Å². The molecule has 0 unspecified atom stereocenters. The molecule has 5 heteroatoms. The molecular weight excluding hydrogens is 262 g/mol. The molecule has 0 atom stereocenters. The number of thioether (sulfide) groups is 1. The summed E-state index contributed by atoms with van der Waals surface area (Å²) in [5.41, 5.74) is 0.00109. The van der Waals surface area contributed by atoms with E-state index in [4.69, 9.17) is 5.11 Å². The molecule has 0 bridgehead atoms. The average Bonchev–Trinajstić information content (AvgIpc) is 3.21. The van der Waals surface area contributed by atoms with Gasteiger partial charge in [-0.2, -0.15) is 0 Å². The molecule has 102 valence electrons. The van der Waals surface area contributed by atoms with Gasteiger partial charge in [0.25, 0.3) is 0 Å². The highest BCUT2D eigenvalue weighted by molar-refractivity contribution is 7.98. The minimum absolute atomic E-state index is 0.347. The number of rotatable bonds is 6. The summed E-state index contributed by atoms with van der Waals surface area (Å²) in [7, 11) is 0. The third-order valence-corrected chi connectivity index (χ3v) is 4.20. The predicted molar refractivity (Wildman–Crippen MR) is 74.2 cm³/mol. The molecule has 0 spiro atoms. The van der Waals surface area contributed by atoms with Gasteiger partial charge in [0.2, 0.25) is 5.91 Å². The zero-order chi connectivity index (χ0) is 13.9. The molecule has 2 N–H and O–H groups in total. The van der Waals surface area contributed by atoms with Crippen LogP contribution in [-0.4, -0.2) is 29.8 Å². The maximum Gasteiger partial charge on any atom is 0.319 e. The van der Waals surface area contributed by atoms with Gasteiger partial charge in [-0.05, 0) is 43.2 Å². The van der Waals surface area contributed by atoms with Gasteiger partial charge < -0.3 is 10.4 Å². The molecule has 1 aromatic carbocycles. The maximum atomic E-state index is 11.8. The first-order valence-electron chi connectivity index (χ1n) is 6.23. The van der Waals surface area contributed by atoms with Crippen LogP contribution >= 0.6 is 11.8 Å². The quantitative estimate of drug-likeness (QED) is 0.617. The van der Waals surface area contributed by atoms with Crippen molar-refractivity contribution in [1.82, 2.24) is 5.32 Å². The second-order valence-electron chi connectivity index (χ2n) is 4.74. The molecule has 0 heterocycles. The average molecular weight is 279 g/mol. The van der Waals surface area contributed by atoms with Gasteiger partial charge in [0.05, 0.1) is 0 Å². The number of carboxylic acid groups (broad SMARTS) is 1. The van der Waals surface area contributed by atoms with Crippen molar-refractivity contribution in [2.24, 2.45) is 5.41 Å². The van der Waals surface area contributed by atoms with Crippen LogP contribution in [0, 0.1) is 5.41 Å². The van der Waals surface area contributed by atoms with Gasteiger partial charge in [-0.25, -0.2) is 0 Å². The summed E-state index contributed by atoms with van der Waals surface area (Å²) < 4.78 is 0. The fraction of sp³-hybridized carbons (Fsp3) is 0.429. The van der Waals surface area contributed by atoms with E-state index in [1.807, 2.05) is 30.5 Å². The second kappa shape index (κ2) is 5.65. The van der Waals surface area contributed by atoms with Crippen molar-refractivity contribution in [2.45, 2.75) is 24.2 Å². The van der Waals surface area contributed by atoms with Gasteiger partial charge in [-0.15, -0.1) is 11.8 Å². The normalized spacial score (nSPS) is 15.8. The van der Waals surface area contributed by atoms with Crippen LogP contribution in [0.1, 0.15) is 18.4 Å². The van der Waals surface area contributed by atoms with Crippen LogP contribution in [0.4, 0.5) is 0 Å². The van der Waals surface area contributed by atoms with Crippen LogP contribution < -0.4 is 5.32 Å². The number of aliphatic carboxylic acids is 1. The largest absolute Gasteiger partial charge is 0.480 e. The molecular formula is C14H17NO3S. The van der Waals surface area contributed by atoms with Crippen molar-refractivity contribution in [1.29, 1.82) is 0 Å². The first-order valence-corrected chi connectivity index (χ1v) is 7.45. The lowest BCUT2D eigenvalue weighted by Crippen LogP contribution is -2.37. The lowest BCUT2D eigenvalue weighted by atomic mass is 10.1. The Morgan fingerprint density at radius 3 is 2.42 bits per heavy atom. The highest BCUT2D eigenvalue weighted by Gasteiger charge is 2.56. The Morgan fingerprint density at radius 2 is 1.95 bits per heavy atom. The molecule has 0 saturated heterocycles. The Labute approximate surface area is 116 Å². The Bertz CT molecular complexity index is 480. The van der Waals surface area contributed by atoms with Crippen LogP contribution in [0.25, 0.3) is 0 Å². The molecule has 2 rings (SSSR count). The Kier molecular flexibility index (Phi) is 4.14. The number of hydrogen-bond donors (Lipinski definition) is 2. The number of amides is 1. The molecule has 1 aliphatic rings. The molecule has 1 aromatic rings. The van der Waals surface area contributed by atoms with E-state index in [1.165, 1.54) is 4.90 Å². The van der Waals surface area contributed by atoms with Crippen molar-refractivity contribution in [3.63, 3.8) is 0 Å². The second-order valence-corrected chi connectivity index (χ2v) is 5.62. The van der Waals surface area contributed by atoms with E-state index in [9.17, 15) is 9.59 Å². The number of carbonyl (C=O) groups excluding carboxylic acids is 1. The molecule has 19 heavy (non-hydrogen) atoms. The Hall–Kier alpha value is -1.49. The van der Waals surface area contributed by atoms with Crippen molar-refractivity contribution in [3.05, 3.63) is 29.8 Å². The van der Waals surface area contributed by atoms with Gasteiger partial charge in [-0.1, -0.05) is 12.1 Å². The van der Waals surface area contributed by atoms with Gasteiger partial charge in [0.1, 0.15) is 5.41 Å². The molecule has 1 aliphatic carbocycles. The van der Waals surface area contributed by atoms with E-state index in [1.54, 1.807) is 11.8 Å². The molecule has 0 aromatic heterocycles. The lowest BCUT2D eigenvalue weighted by molar-refractivity contribution is -0.149. The summed E-state index contributed by atoms with van der Waals surface area (Å²) in [6.45, 7) is 0.479. The highest BCUT2D eigenvalue weighted by atomic mass is 32.2. The summed E-state index contributed by atoms with van der Waals surface area (Å²) in [4.78, 5) is 23.9. The fourth-order valence-corrected chi connectivity index (χ4v) is 2.35. The smallest absolute Gasteiger partial charge is 0.319 e. The van der Waals surface area contributed by atoms with E-state index >= 15 is 0 Å². The molecule has 0 radical (unpaired) electrons. The van der Waals surface area contributed by atoms with Crippen molar-refractivity contribution in [3.8, 4) is 0 Å². The number of benzene rings is 1. The molecule has 1 saturated carbocycles. The molecule has 1 fully saturated rings. The number of hydrogen-bond acceptors (Lipinski definition) is 3. The van der Waals surface area contributed by atoms with Crippen LogP contribution in [-0.2, 0) is 16.0 Å². The number of carbonyl (C=O) groups is 2. The lowest BCUT2D eigenvalue weighted by Gasteiger charge is -2.10. The molecule has 4 nitrogen and oxygen atoms in total. The van der Waals surface area contributed by atoms with E-state index in [2.05, 4.69) is 5.32 Å². The highest BCUT2D eigenvalue weighted by Crippen LogP contribution is 2.45. The van der Waals surface area contributed by atoms with Crippen molar-refractivity contribution in [2.75, 3.05) is 12.8 Å². The zero-order valence-corrected chi connectivity index (χ0v) is 11.6. The topological polar surface area (TPSA) is 66.4 Å². The monoisotopic (exact) mass is 279 g/mol. The Balaban J connectivity index is 1.80. The van der Waals surface area contributed by atoms with Crippen molar-refractivity contribution >= 4 is 23.6 Å². The minimum atomic E-state index is -1.14. The van der Waals surface area contributed by atoms with Crippen LogP contribution in [0.2, 0.25) is 0 Å². The SMILES string of the molecule is CSc1ccc(CCNC(=O)C2(C(=O)O)CC2)cc1. The minimum Gasteiger partial charge on any atom is -0.480 e. The number of nitrogens with one attached hydrogen (secondary N) is 1. The maximum absolute atomic E-state index is 11.8. The summed E-state index contributed by atoms with van der Waals surface area (Å²) in [6, 6.07) is 8.15. The van der Waals surface area contributed by atoms with Gasteiger partial charge >= 0.3 is 5.97 Å². The van der Waals surface area contributed by atoms with E-state index < -0.39 is 11.4 Å². The van der Waals surface area contributed by atoms with Gasteiger partial charge in [0, 0.05) is 11.4 Å². The summed E-state index contributed by atoms with van der Waals surface area (Å²) >= 11 is 1.69. The summed E-state index contributed by atoms with van der Waals surface area (Å²) in [5, 5.41) is 11.7. The van der Waals surface area contributed by atoms with Crippen LogP contribution in [0.3, 0.4) is 0 Å². The Morgan fingerprint density at radius 1 is 1.32 bits per heavy atom. The molecule has 0 aliphatic heterocycles. The summed E-state index contributed by atoms with van der Waals surface area (Å²) in [5.74, 6) is -1.35. The van der Waals surface area contributed by atoms with Crippen molar-refractivity contribution < 1.29 is 14.7 Å². The van der Waals surface area contributed by atoms with E-state index in [0.717, 1.165) is 12.0 Å². The van der Waals surface area contributed by atoms with Gasteiger partial charge in [0.15, 0.2) is 0 Å². The third-order valence-electron chi connectivity index (χ3n) is 3.45. The van der Waals surface area contributed by atoms with Gasteiger partial charge in [-0.3, -0.25) is 9.59 Å². The molecule has 1 amide bonds. The fourth-order valence-electron chi connectivity index (χ4n) is 1.94. The predicted octanol–water partition coefficient (Wildman–Crippen LogP) is 1.93. The first kappa shape index (κ1) is 13.9. The zero-order valence-electron chi connectivity index (χ0n) is 10.8. The van der Waals surface area contributed by atoms with E-state index in [0.29, 0.717) is 19.4 Å². The summed E-state index contributed by atoms with van der Waals surface area (Å²) in [6.07, 6.45) is 3.65.